The number of carbonyl (C=O) groups excluding carboxylic acids is 1. The highest BCUT2D eigenvalue weighted by Gasteiger charge is 2.21. The van der Waals surface area contributed by atoms with Crippen LogP contribution in [-0.4, -0.2) is 40.0 Å². The van der Waals surface area contributed by atoms with Gasteiger partial charge in [0.15, 0.2) is 0 Å². The van der Waals surface area contributed by atoms with Crippen molar-refractivity contribution < 1.29 is 9.53 Å². The quantitative estimate of drug-likeness (QED) is 0.845. The molecular weight excluding hydrogens is 306 g/mol. The van der Waals surface area contributed by atoms with E-state index in [2.05, 4.69) is 20.7 Å². The lowest BCUT2D eigenvalue weighted by Crippen LogP contribution is -2.47. The minimum absolute atomic E-state index is 0.0708. The number of hydrogen-bond acceptors (Lipinski definition) is 4. The molecule has 0 aliphatic carbocycles. The fourth-order valence-electron chi connectivity index (χ4n) is 2.92. The number of ether oxygens (including phenoxy) is 1. The molecule has 0 unspecified atom stereocenters. The molecule has 2 amide bonds. The smallest absolute Gasteiger partial charge is 0.315 e. The summed E-state index contributed by atoms with van der Waals surface area (Å²) in [5.41, 5.74) is 1.06. The van der Waals surface area contributed by atoms with E-state index in [-0.39, 0.29) is 18.2 Å². The van der Waals surface area contributed by atoms with Crippen molar-refractivity contribution in [1.29, 1.82) is 0 Å². The molecule has 7 nitrogen and oxygen atoms in total. The van der Waals surface area contributed by atoms with Crippen LogP contribution >= 0.6 is 0 Å². The molecule has 24 heavy (non-hydrogen) atoms. The number of amides is 2. The molecule has 2 atom stereocenters. The van der Waals surface area contributed by atoms with E-state index in [0.29, 0.717) is 19.7 Å². The highest BCUT2D eigenvalue weighted by molar-refractivity contribution is 5.74. The normalized spacial score (nSPS) is 17.8. The van der Waals surface area contributed by atoms with Crippen molar-refractivity contribution in [2.45, 2.75) is 38.5 Å². The van der Waals surface area contributed by atoms with Gasteiger partial charge in [-0.1, -0.05) is 30.3 Å². The van der Waals surface area contributed by atoms with E-state index in [4.69, 9.17) is 4.74 Å². The molecule has 0 spiro atoms. The van der Waals surface area contributed by atoms with Gasteiger partial charge in [0.25, 0.3) is 0 Å². The van der Waals surface area contributed by atoms with Gasteiger partial charge < -0.3 is 15.4 Å². The summed E-state index contributed by atoms with van der Waals surface area (Å²) in [6.07, 6.45) is 3.12. The number of nitrogens with zero attached hydrogens (tertiary/aromatic N) is 3. The SMILES string of the molecule is CCO[C@H](CNC(=O)N[C@@H]1CCc2ncnn2C1)c1ccccc1. The van der Waals surface area contributed by atoms with Gasteiger partial charge in [-0.2, -0.15) is 5.10 Å². The predicted molar refractivity (Wildman–Crippen MR) is 89.5 cm³/mol. The third-order valence-corrected chi connectivity index (χ3v) is 4.13. The highest BCUT2D eigenvalue weighted by atomic mass is 16.5. The van der Waals surface area contributed by atoms with Gasteiger partial charge in [0.2, 0.25) is 0 Å². The van der Waals surface area contributed by atoms with E-state index in [1.54, 1.807) is 6.33 Å². The Morgan fingerprint density at radius 3 is 3.04 bits per heavy atom. The monoisotopic (exact) mass is 329 g/mol. The van der Waals surface area contributed by atoms with E-state index < -0.39 is 0 Å². The van der Waals surface area contributed by atoms with Crippen LogP contribution in [0.1, 0.15) is 30.8 Å². The van der Waals surface area contributed by atoms with E-state index in [0.717, 1.165) is 24.2 Å². The van der Waals surface area contributed by atoms with Crippen LogP contribution in [-0.2, 0) is 17.7 Å². The Bertz CT molecular complexity index is 658. The van der Waals surface area contributed by atoms with Crippen molar-refractivity contribution in [3.63, 3.8) is 0 Å². The zero-order valence-electron chi connectivity index (χ0n) is 13.8. The Morgan fingerprint density at radius 1 is 1.42 bits per heavy atom. The van der Waals surface area contributed by atoms with Crippen molar-refractivity contribution in [1.82, 2.24) is 25.4 Å². The average Bonchev–Trinajstić information content (AvgIpc) is 3.07. The number of aromatic nitrogens is 3. The number of benzene rings is 1. The standard InChI is InChI=1S/C17H23N5O2/c1-2-24-15(13-6-4-3-5-7-13)10-18-17(23)21-14-8-9-16-19-12-20-22(16)11-14/h3-7,12,14-15H,2,8-11H2,1H3,(H2,18,21,23)/t14-,15-/m1/s1. The summed E-state index contributed by atoms with van der Waals surface area (Å²) in [4.78, 5) is 16.4. The Kier molecular flexibility index (Phi) is 5.43. The maximum Gasteiger partial charge on any atom is 0.315 e. The minimum atomic E-state index is -0.177. The topological polar surface area (TPSA) is 81.1 Å². The summed E-state index contributed by atoms with van der Waals surface area (Å²) < 4.78 is 7.59. The fraction of sp³-hybridized carbons (Fsp3) is 0.471. The lowest BCUT2D eigenvalue weighted by molar-refractivity contribution is 0.0638. The Labute approximate surface area is 141 Å². The van der Waals surface area contributed by atoms with Gasteiger partial charge in [-0.15, -0.1) is 0 Å². The Morgan fingerprint density at radius 2 is 2.25 bits per heavy atom. The van der Waals surface area contributed by atoms with Crippen molar-refractivity contribution in [2.24, 2.45) is 0 Å². The summed E-state index contributed by atoms with van der Waals surface area (Å²) in [5, 5.41) is 10.1. The number of nitrogens with one attached hydrogen (secondary N) is 2. The van der Waals surface area contributed by atoms with Crippen LogP contribution in [0.3, 0.4) is 0 Å². The second-order valence-electron chi connectivity index (χ2n) is 5.80. The highest BCUT2D eigenvalue weighted by Crippen LogP contribution is 2.16. The molecule has 2 aromatic rings. The van der Waals surface area contributed by atoms with Gasteiger partial charge in [0.1, 0.15) is 12.2 Å². The molecule has 2 N–H and O–H groups in total. The fourth-order valence-corrected chi connectivity index (χ4v) is 2.92. The van der Waals surface area contributed by atoms with Gasteiger partial charge in [-0.05, 0) is 18.9 Å². The largest absolute Gasteiger partial charge is 0.372 e. The van der Waals surface area contributed by atoms with Gasteiger partial charge in [-0.3, -0.25) is 0 Å². The third-order valence-electron chi connectivity index (χ3n) is 4.13. The van der Waals surface area contributed by atoms with Gasteiger partial charge in [0, 0.05) is 19.6 Å². The van der Waals surface area contributed by atoms with Crippen LogP contribution in [0.25, 0.3) is 0 Å². The third kappa shape index (κ3) is 4.11. The zero-order valence-corrected chi connectivity index (χ0v) is 13.8. The van der Waals surface area contributed by atoms with E-state index in [1.807, 2.05) is 41.9 Å². The molecule has 1 aromatic heterocycles. The number of urea groups is 1. The van der Waals surface area contributed by atoms with Crippen LogP contribution in [0, 0.1) is 0 Å². The van der Waals surface area contributed by atoms with Crippen LogP contribution in [0.15, 0.2) is 36.7 Å². The first-order chi connectivity index (χ1) is 11.8. The van der Waals surface area contributed by atoms with E-state index in [9.17, 15) is 4.79 Å². The van der Waals surface area contributed by atoms with Crippen molar-refractivity contribution in [2.75, 3.05) is 13.2 Å². The zero-order chi connectivity index (χ0) is 16.8. The average molecular weight is 329 g/mol. The van der Waals surface area contributed by atoms with Crippen molar-refractivity contribution in [3.05, 3.63) is 48.0 Å². The van der Waals surface area contributed by atoms with Crippen molar-refractivity contribution in [3.8, 4) is 0 Å². The summed E-state index contributed by atoms with van der Waals surface area (Å²) >= 11 is 0. The van der Waals surface area contributed by atoms with Gasteiger partial charge in [0.05, 0.1) is 18.7 Å². The second-order valence-corrected chi connectivity index (χ2v) is 5.80. The summed E-state index contributed by atoms with van der Waals surface area (Å²) in [5.74, 6) is 0.981. The summed E-state index contributed by atoms with van der Waals surface area (Å²) in [6, 6.07) is 9.82. The minimum Gasteiger partial charge on any atom is -0.372 e. The predicted octanol–water partition coefficient (Wildman–Crippen LogP) is 1.67. The molecule has 0 fully saturated rings. The molecule has 1 aliphatic heterocycles. The maximum absolute atomic E-state index is 12.2. The number of aryl methyl sites for hydroxylation is 1. The van der Waals surface area contributed by atoms with Gasteiger partial charge in [-0.25, -0.2) is 14.5 Å². The Balaban J connectivity index is 1.49. The molecule has 0 bridgehead atoms. The van der Waals surface area contributed by atoms with Crippen LogP contribution < -0.4 is 10.6 Å². The molecule has 1 aliphatic rings. The first kappa shape index (κ1) is 16.4. The summed E-state index contributed by atoms with van der Waals surface area (Å²) in [6.45, 7) is 3.65. The maximum atomic E-state index is 12.2. The number of rotatable bonds is 6. The molecule has 2 heterocycles. The molecule has 7 heteroatoms. The molecule has 1 aromatic carbocycles. The van der Waals surface area contributed by atoms with E-state index in [1.165, 1.54) is 0 Å². The molecule has 3 rings (SSSR count). The lowest BCUT2D eigenvalue weighted by Gasteiger charge is -2.24. The number of fused-ring (bicyclic) bond motifs is 1. The summed E-state index contributed by atoms with van der Waals surface area (Å²) in [7, 11) is 0. The van der Waals surface area contributed by atoms with Crippen molar-refractivity contribution >= 4 is 6.03 Å². The molecular formula is C17H23N5O2. The van der Waals surface area contributed by atoms with Gasteiger partial charge >= 0.3 is 6.03 Å². The molecule has 0 saturated carbocycles. The van der Waals surface area contributed by atoms with Crippen LogP contribution in [0.5, 0.6) is 0 Å². The first-order valence-corrected chi connectivity index (χ1v) is 8.34. The number of carbonyl (C=O) groups is 1. The Hall–Kier alpha value is -2.41. The molecule has 0 radical (unpaired) electrons. The second kappa shape index (κ2) is 7.92. The van der Waals surface area contributed by atoms with Crippen LogP contribution in [0.2, 0.25) is 0 Å². The first-order valence-electron chi connectivity index (χ1n) is 8.34. The lowest BCUT2D eigenvalue weighted by atomic mass is 10.1. The molecule has 128 valence electrons. The number of hydrogen-bond donors (Lipinski definition) is 2. The molecule has 0 saturated heterocycles. The van der Waals surface area contributed by atoms with Crippen LogP contribution in [0.4, 0.5) is 4.79 Å². The van der Waals surface area contributed by atoms with E-state index >= 15 is 0 Å².